The number of amides is 1. The fourth-order valence-corrected chi connectivity index (χ4v) is 5.00. The van der Waals surface area contributed by atoms with E-state index in [-0.39, 0.29) is 24.7 Å². The van der Waals surface area contributed by atoms with Crippen LogP contribution in [0.1, 0.15) is 37.0 Å². The number of aromatic hydroxyl groups is 1. The van der Waals surface area contributed by atoms with Crippen LogP contribution in [0.2, 0.25) is 0 Å². The average Bonchev–Trinajstić information content (AvgIpc) is 3.38. The van der Waals surface area contributed by atoms with Crippen molar-refractivity contribution in [3.8, 4) is 11.6 Å². The van der Waals surface area contributed by atoms with E-state index in [0.717, 1.165) is 10.9 Å². The molecule has 14 heteroatoms. The van der Waals surface area contributed by atoms with E-state index >= 15 is 0 Å². The highest BCUT2D eigenvalue weighted by atomic mass is 31.2. The van der Waals surface area contributed by atoms with Crippen molar-refractivity contribution in [2.45, 2.75) is 38.6 Å². The van der Waals surface area contributed by atoms with Gasteiger partial charge in [-0.25, -0.2) is 9.55 Å². The Kier molecular flexibility index (Phi) is 8.28. The summed E-state index contributed by atoms with van der Waals surface area (Å²) in [6.45, 7) is 3.09. The lowest BCUT2D eigenvalue weighted by Crippen LogP contribution is -2.41. The third kappa shape index (κ3) is 6.25. The highest BCUT2D eigenvalue weighted by Gasteiger charge is 2.41. The third-order valence-electron chi connectivity index (χ3n) is 5.10. The first kappa shape index (κ1) is 26.4. The third-order valence-corrected chi connectivity index (χ3v) is 6.63. The van der Waals surface area contributed by atoms with Gasteiger partial charge in [0, 0.05) is 6.42 Å². The molecule has 190 valence electrons. The van der Waals surface area contributed by atoms with Crippen molar-refractivity contribution in [1.29, 1.82) is 0 Å². The molecule has 1 fully saturated rings. The molecule has 0 spiro atoms. The second kappa shape index (κ2) is 11.0. The summed E-state index contributed by atoms with van der Waals surface area (Å²) in [7, 11) is -2.97. The maximum absolute atomic E-state index is 13.6. The van der Waals surface area contributed by atoms with Crippen LogP contribution in [0.5, 0.6) is 11.6 Å². The van der Waals surface area contributed by atoms with E-state index in [1.165, 1.54) is 7.11 Å². The number of hydrogen-bond acceptors (Lipinski definition) is 10. The van der Waals surface area contributed by atoms with Crippen LogP contribution >= 0.6 is 7.75 Å². The number of benzene rings is 1. The van der Waals surface area contributed by atoms with Crippen LogP contribution in [0, 0.1) is 5.92 Å². The van der Waals surface area contributed by atoms with E-state index in [1.54, 1.807) is 44.2 Å². The number of carbonyl (C=O) groups excluding carboxylic acids is 3. The predicted molar refractivity (Wildman–Crippen MR) is 120 cm³/mol. The number of aromatic nitrogens is 2. The van der Waals surface area contributed by atoms with Gasteiger partial charge in [-0.1, -0.05) is 32.0 Å². The first-order valence-corrected chi connectivity index (χ1v) is 12.2. The lowest BCUT2D eigenvalue weighted by atomic mass is 10.1. The molecule has 35 heavy (non-hydrogen) atoms. The number of para-hydroxylation sites is 1. The zero-order chi connectivity index (χ0) is 25.8. The number of Topliss-reactive ketones (excluding diaryl/α,β-unsaturated/α-hetero) is 1. The minimum Gasteiger partial charge on any atom is -0.493 e. The van der Waals surface area contributed by atoms with Crippen LogP contribution in [-0.2, 0) is 28.2 Å². The summed E-state index contributed by atoms with van der Waals surface area (Å²) < 4.78 is 36.2. The van der Waals surface area contributed by atoms with Gasteiger partial charge in [0.2, 0.25) is 5.88 Å². The fourth-order valence-electron chi connectivity index (χ4n) is 3.31. The minimum atomic E-state index is -4.17. The highest BCUT2D eigenvalue weighted by Crippen LogP contribution is 2.46. The second-order valence-corrected chi connectivity index (χ2v) is 9.73. The van der Waals surface area contributed by atoms with Crippen molar-refractivity contribution in [3.05, 3.63) is 42.4 Å². The predicted octanol–water partition coefficient (Wildman–Crippen LogP) is 1.54. The van der Waals surface area contributed by atoms with Crippen molar-refractivity contribution in [2.24, 2.45) is 11.7 Å². The Labute approximate surface area is 201 Å². The van der Waals surface area contributed by atoms with Crippen molar-refractivity contribution in [1.82, 2.24) is 14.6 Å². The molecule has 1 aliphatic rings. The molecule has 4 N–H and O–H groups in total. The quantitative estimate of drug-likeness (QED) is 0.294. The van der Waals surface area contributed by atoms with Gasteiger partial charge in [-0.15, -0.1) is 0 Å². The Morgan fingerprint density at radius 1 is 1.34 bits per heavy atom. The monoisotopic (exact) mass is 510 g/mol. The number of nitrogens with zero attached hydrogens (tertiary/aromatic N) is 2. The molecule has 4 atom stereocenters. The van der Waals surface area contributed by atoms with Crippen LogP contribution in [0.25, 0.3) is 0 Å². The Morgan fingerprint density at radius 3 is 2.60 bits per heavy atom. The zero-order valence-corrected chi connectivity index (χ0v) is 20.2. The van der Waals surface area contributed by atoms with Gasteiger partial charge in [-0.3, -0.25) is 23.5 Å². The van der Waals surface area contributed by atoms with Crippen molar-refractivity contribution >= 4 is 25.4 Å². The Balaban J connectivity index is 1.75. The van der Waals surface area contributed by atoms with Gasteiger partial charge < -0.3 is 24.8 Å². The molecule has 2 heterocycles. The molecular weight excluding hydrogens is 483 g/mol. The standard InChI is InChI=1S/C21H27N4O9P/c1-12(2)16(21(29)31-3)24-35(30,34-13-7-5-4-6-8-13)32-10-14-9-15(26)20(33-14)25-11-23-17(18(22)27)19(25)28/h4-8,11-12,14,16,20,28H,9-10H2,1-3H3,(H2,22,27)(H,24,30)/t14-,16?,20+,35?/m0/s1. The number of imidazole rings is 1. The molecule has 1 amide bonds. The maximum atomic E-state index is 13.6. The molecule has 0 radical (unpaired) electrons. The lowest BCUT2D eigenvalue weighted by molar-refractivity contribution is -0.143. The number of ketones is 1. The summed E-state index contributed by atoms with van der Waals surface area (Å²) in [5.74, 6) is -2.79. The first-order valence-electron chi connectivity index (χ1n) is 10.6. The van der Waals surface area contributed by atoms with Crippen molar-refractivity contribution in [2.75, 3.05) is 13.7 Å². The summed E-state index contributed by atoms with van der Waals surface area (Å²) >= 11 is 0. The number of primary amides is 1. The average molecular weight is 510 g/mol. The van der Waals surface area contributed by atoms with Gasteiger partial charge in [-0.05, 0) is 18.1 Å². The van der Waals surface area contributed by atoms with E-state index in [4.69, 9.17) is 24.3 Å². The molecule has 2 aromatic rings. The van der Waals surface area contributed by atoms with Crippen LogP contribution in [0.3, 0.4) is 0 Å². The van der Waals surface area contributed by atoms with E-state index in [1.807, 2.05) is 0 Å². The van der Waals surface area contributed by atoms with Crippen molar-refractivity contribution < 1.29 is 42.6 Å². The molecular formula is C21H27N4O9P. The number of rotatable bonds is 11. The topological polar surface area (TPSA) is 181 Å². The largest absolute Gasteiger partial charge is 0.493 e. The molecule has 0 aliphatic carbocycles. The molecule has 0 bridgehead atoms. The smallest absolute Gasteiger partial charge is 0.459 e. The van der Waals surface area contributed by atoms with Crippen LogP contribution in [0.4, 0.5) is 0 Å². The van der Waals surface area contributed by atoms with E-state index in [9.17, 15) is 24.1 Å². The van der Waals surface area contributed by atoms with E-state index in [0.29, 0.717) is 0 Å². The molecule has 3 rings (SSSR count). The number of hydrogen-bond donors (Lipinski definition) is 3. The van der Waals surface area contributed by atoms with Crippen molar-refractivity contribution in [3.63, 3.8) is 0 Å². The minimum absolute atomic E-state index is 0.149. The van der Waals surface area contributed by atoms with Gasteiger partial charge in [-0.2, -0.15) is 5.09 Å². The molecule has 1 aliphatic heterocycles. The number of esters is 1. The summed E-state index contributed by atoms with van der Waals surface area (Å²) in [5, 5.41) is 12.8. The second-order valence-electron chi connectivity index (χ2n) is 8.04. The van der Waals surface area contributed by atoms with Crippen LogP contribution < -0.4 is 15.3 Å². The first-order chi connectivity index (χ1) is 16.5. The molecule has 2 unspecified atom stereocenters. The van der Waals surface area contributed by atoms with Gasteiger partial charge in [0.1, 0.15) is 18.1 Å². The molecule has 1 saturated heterocycles. The van der Waals surface area contributed by atoms with Crippen LogP contribution in [-0.4, -0.2) is 58.2 Å². The summed E-state index contributed by atoms with van der Waals surface area (Å²) in [4.78, 5) is 39.7. The van der Waals surface area contributed by atoms with Crippen LogP contribution in [0.15, 0.2) is 36.7 Å². The fraction of sp³-hybridized carbons (Fsp3) is 0.429. The molecule has 0 saturated carbocycles. The normalized spacial score (nSPS) is 20.4. The maximum Gasteiger partial charge on any atom is 0.459 e. The summed E-state index contributed by atoms with van der Waals surface area (Å²) in [6.07, 6.45) is -1.26. The van der Waals surface area contributed by atoms with E-state index < -0.39 is 55.4 Å². The Morgan fingerprint density at radius 2 is 2.03 bits per heavy atom. The molecule has 1 aromatic heterocycles. The van der Waals surface area contributed by atoms with Gasteiger partial charge >= 0.3 is 13.7 Å². The Bertz CT molecular complexity index is 1120. The zero-order valence-electron chi connectivity index (χ0n) is 19.3. The number of nitrogens with two attached hydrogens (primary N) is 1. The lowest BCUT2D eigenvalue weighted by Gasteiger charge is -2.26. The SMILES string of the molecule is COC(=O)C(NP(=O)(OC[C@@H]1CC(=O)[C@H](n2cnc(C(N)=O)c2O)O1)Oc1ccccc1)C(C)C. The Hall–Kier alpha value is -3.25. The number of methoxy groups -OCH3 is 1. The summed E-state index contributed by atoms with van der Waals surface area (Å²) in [6, 6.07) is 7.18. The highest BCUT2D eigenvalue weighted by molar-refractivity contribution is 7.52. The number of carbonyl (C=O) groups is 3. The number of ether oxygens (including phenoxy) is 2. The van der Waals surface area contributed by atoms with Gasteiger partial charge in [0.25, 0.3) is 5.91 Å². The van der Waals surface area contributed by atoms with Gasteiger partial charge in [0.05, 0.1) is 19.8 Å². The molecule has 1 aromatic carbocycles. The number of nitrogens with one attached hydrogen (secondary N) is 1. The van der Waals surface area contributed by atoms with Gasteiger partial charge in [0.15, 0.2) is 17.7 Å². The molecule has 13 nitrogen and oxygen atoms in total. The van der Waals surface area contributed by atoms with E-state index in [2.05, 4.69) is 10.1 Å². The summed E-state index contributed by atoms with van der Waals surface area (Å²) in [5.41, 5.74) is 4.73.